The molecule has 0 aliphatic carbocycles. The fraction of sp³-hybridized carbons (Fsp3) is 0.588. The molecule has 0 spiro atoms. The van der Waals surface area contributed by atoms with Crippen LogP contribution in [0, 0.1) is 5.41 Å². The van der Waals surface area contributed by atoms with Crippen LogP contribution in [0.2, 0.25) is 0 Å². The first-order chi connectivity index (χ1) is 10.1. The Balaban J connectivity index is 1.96. The third-order valence-corrected chi connectivity index (χ3v) is 4.84. The molecule has 1 aromatic rings. The minimum absolute atomic E-state index is 0.0120. The van der Waals surface area contributed by atoms with Gasteiger partial charge in [0.15, 0.2) is 0 Å². The molecule has 0 atom stereocenters. The van der Waals surface area contributed by atoms with Crippen LogP contribution in [0.15, 0.2) is 24.3 Å². The predicted molar refractivity (Wildman–Crippen MR) is 85.5 cm³/mol. The Morgan fingerprint density at radius 1 is 1.29 bits per heavy atom. The first-order valence-electron chi connectivity index (χ1n) is 7.89. The summed E-state index contributed by atoms with van der Waals surface area (Å²) in [5.41, 5.74) is 2.07. The van der Waals surface area contributed by atoms with Gasteiger partial charge < -0.3 is 15.3 Å². The number of carbonyl (C=O) groups excluding carboxylic acids is 1. The van der Waals surface area contributed by atoms with Crippen LogP contribution in [-0.2, 0) is 6.42 Å². The third kappa shape index (κ3) is 3.56. The van der Waals surface area contributed by atoms with Crippen LogP contribution >= 0.6 is 0 Å². The molecule has 116 valence electrons. The molecule has 0 radical (unpaired) electrons. The Hall–Kier alpha value is -1.55. The summed E-state index contributed by atoms with van der Waals surface area (Å²) in [5.74, 6) is 0. The summed E-state index contributed by atoms with van der Waals surface area (Å²) in [6, 6.07) is 7.90. The second-order valence-corrected chi connectivity index (χ2v) is 5.94. The molecule has 2 N–H and O–H groups in total. The second-order valence-electron chi connectivity index (χ2n) is 5.94. The van der Waals surface area contributed by atoms with Crippen molar-refractivity contribution >= 4 is 11.7 Å². The van der Waals surface area contributed by atoms with Gasteiger partial charge in [-0.1, -0.05) is 32.0 Å². The quantitative estimate of drug-likeness (QED) is 0.894. The van der Waals surface area contributed by atoms with Crippen LogP contribution in [0.1, 0.15) is 38.7 Å². The van der Waals surface area contributed by atoms with E-state index in [1.54, 1.807) is 0 Å². The van der Waals surface area contributed by atoms with Crippen molar-refractivity contribution in [3.8, 4) is 0 Å². The summed E-state index contributed by atoms with van der Waals surface area (Å²) in [5, 5.41) is 12.6. The van der Waals surface area contributed by atoms with Crippen LogP contribution in [0.3, 0.4) is 0 Å². The van der Waals surface area contributed by atoms with E-state index < -0.39 is 0 Å². The van der Waals surface area contributed by atoms with E-state index in [0.29, 0.717) is 13.1 Å². The lowest BCUT2D eigenvalue weighted by Crippen LogP contribution is -2.46. The average molecular weight is 290 g/mol. The number of nitrogens with one attached hydrogen (secondary N) is 1. The van der Waals surface area contributed by atoms with Crippen LogP contribution < -0.4 is 5.32 Å². The number of amides is 2. The summed E-state index contributed by atoms with van der Waals surface area (Å²) in [6.07, 6.45) is 3.63. The zero-order valence-electron chi connectivity index (χ0n) is 13.1. The first-order valence-corrected chi connectivity index (χ1v) is 7.89. The van der Waals surface area contributed by atoms with Crippen molar-refractivity contribution in [2.24, 2.45) is 5.41 Å². The molecule has 1 heterocycles. The smallest absolute Gasteiger partial charge is 0.321 e. The first kappa shape index (κ1) is 15.8. The highest BCUT2D eigenvalue weighted by atomic mass is 16.3. The summed E-state index contributed by atoms with van der Waals surface area (Å²) in [7, 11) is 0. The molecule has 2 rings (SSSR count). The maximum Gasteiger partial charge on any atom is 0.321 e. The number of urea groups is 1. The number of aryl methyl sites for hydroxylation is 1. The van der Waals surface area contributed by atoms with Gasteiger partial charge in [0, 0.05) is 25.4 Å². The van der Waals surface area contributed by atoms with Crippen LogP contribution in [-0.4, -0.2) is 35.7 Å². The van der Waals surface area contributed by atoms with Crippen molar-refractivity contribution in [2.75, 3.05) is 25.0 Å². The molecule has 1 aliphatic rings. The van der Waals surface area contributed by atoms with Crippen LogP contribution in [0.25, 0.3) is 0 Å². The molecule has 0 unspecified atom stereocenters. The molecule has 0 bridgehead atoms. The number of rotatable bonds is 4. The molecule has 1 aromatic carbocycles. The van der Waals surface area contributed by atoms with E-state index in [-0.39, 0.29) is 18.1 Å². The Labute approximate surface area is 127 Å². The minimum Gasteiger partial charge on any atom is -0.396 e. The Morgan fingerprint density at radius 3 is 2.52 bits per heavy atom. The van der Waals surface area contributed by atoms with Gasteiger partial charge >= 0.3 is 6.03 Å². The maximum atomic E-state index is 12.4. The zero-order valence-corrected chi connectivity index (χ0v) is 13.1. The lowest BCUT2D eigenvalue weighted by Gasteiger charge is -2.40. The summed E-state index contributed by atoms with van der Waals surface area (Å²) >= 11 is 0. The number of carbonyl (C=O) groups is 1. The Morgan fingerprint density at radius 2 is 1.95 bits per heavy atom. The van der Waals surface area contributed by atoms with Crippen LogP contribution in [0.4, 0.5) is 10.5 Å². The Kier molecular flexibility index (Phi) is 5.23. The van der Waals surface area contributed by atoms with Crippen molar-refractivity contribution < 1.29 is 9.90 Å². The molecular formula is C17H26N2O2. The SMILES string of the molecule is CCc1ccccc1NC(=O)N1CCC(CC)(CO)CC1. The number of aliphatic hydroxyl groups is 1. The highest BCUT2D eigenvalue weighted by Crippen LogP contribution is 2.34. The number of anilines is 1. The van der Waals surface area contributed by atoms with Crippen molar-refractivity contribution in [1.82, 2.24) is 4.90 Å². The van der Waals surface area contributed by atoms with E-state index in [1.807, 2.05) is 29.2 Å². The number of benzene rings is 1. The monoisotopic (exact) mass is 290 g/mol. The van der Waals surface area contributed by atoms with Gasteiger partial charge in [-0.25, -0.2) is 4.79 Å². The molecule has 1 aliphatic heterocycles. The summed E-state index contributed by atoms with van der Waals surface area (Å²) in [6.45, 7) is 5.85. The molecule has 4 nitrogen and oxygen atoms in total. The van der Waals surface area contributed by atoms with Gasteiger partial charge in [0.1, 0.15) is 0 Å². The van der Waals surface area contributed by atoms with Crippen molar-refractivity contribution in [3.63, 3.8) is 0 Å². The number of likely N-dealkylation sites (tertiary alicyclic amines) is 1. The van der Waals surface area contributed by atoms with E-state index in [1.165, 1.54) is 0 Å². The number of hydrogen-bond donors (Lipinski definition) is 2. The predicted octanol–water partition coefficient (Wildman–Crippen LogP) is 3.27. The highest BCUT2D eigenvalue weighted by molar-refractivity contribution is 5.90. The van der Waals surface area contributed by atoms with E-state index in [2.05, 4.69) is 19.2 Å². The molecular weight excluding hydrogens is 264 g/mol. The van der Waals surface area contributed by atoms with Crippen LogP contribution in [0.5, 0.6) is 0 Å². The molecule has 1 fully saturated rings. The van der Waals surface area contributed by atoms with Gasteiger partial charge in [-0.2, -0.15) is 0 Å². The number of aliphatic hydroxyl groups excluding tert-OH is 1. The largest absolute Gasteiger partial charge is 0.396 e. The molecule has 1 saturated heterocycles. The third-order valence-electron chi connectivity index (χ3n) is 4.84. The second kappa shape index (κ2) is 6.94. The van der Waals surface area contributed by atoms with E-state index in [0.717, 1.165) is 36.9 Å². The topological polar surface area (TPSA) is 52.6 Å². The zero-order chi connectivity index (χ0) is 15.3. The average Bonchev–Trinajstić information content (AvgIpc) is 2.55. The number of para-hydroxylation sites is 1. The summed E-state index contributed by atoms with van der Waals surface area (Å²) < 4.78 is 0. The standard InChI is InChI=1S/C17H26N2O2/c1-3-14-7-5-6-8-15(14)18-16(21)19-11-9-17(4-2,13-20)10-12-19/h5-8,20H,3-4,9-13H2,1-2H3,(H,18,21). The van der Waals surface area contributed by atoms with Crippen molar-refractivity contribution in [1.29, 1.82) is 0 Å². The van der Waals surface area contributed by atoms with Crippen molar-refractivity contribution in [3.05, 3.63) is 29.8 Å². The number of piperidine rings is 1. The normalized spacial score (nSPS) is 17.6. The van der Waals surface area contributed by atoms with Gasteiger partial charge in [0.2, 0.25) is 0 Å². The molecule has 0 saturated carbocycles. The van der Waals surface area contributed by atoms with Gasteiger partial charge in [0.05, 0.1) is 0 Å². The van der Waals surface area contributed by atoms with E-state index in [9.17, 15) is 9.90 Å². The molecule has 4 heteroatoms. The molecule has 21 heavy (non-hydrogen) atoms. The number of nitrogens with zero attached hydrogens (tertiary/aromatic N) is 1. The van der Waals surface area contributed by atoms with Gasteiger partial charge in [-0.05, 0) is 42.7 Å². The molecule has 2 amide bonds. The van der Waals surface area contributed by atoms with E-state index in [4.69, 9.17) is 0 Å². The van der Waals surface area contributed by atoms with Gasteiger partial charge in [-0.3, -0.25) is 0 Å². The van der Waals surface area contributed by atoms with Crippen molar-refractivity contribution in [2.45, 2.75) is 39.5 Å². The van der Waals surface area contributed by atoms with Gasteiger partial charge in [-0.15, -0.1) is 0 Å². The minimum atomic E-state index is -0.0291. The maximum absolute atomic E-state index is 12.4. The fourth-order valence-electron chi connectivity index (χ4n) is 2.95. The Bertz CT molecular complexity index is 473. The lowest BCUT2D eigenvalue weighted by molar-refractivity contribution is 0.0542. The van der Waals surface area contributed by atoms with E-state index >= 15 is 0 Å². The molecule has 0 aromatic heterocycles. The fourth-order valence-corrected chi connectivity index (χ4v) is 2.95. The lowest BCUT2D eigenvalue weighted by atomic mass is 9.77. The number of hydrogen-bond acceptors (Lipinski definition) is 2. The van der Waals surface area contributed by atoms with Gasteiger partial charge in [0.25, 0.3) is 0 Å². The highest BCUT2D eigenvalue weighted by Gasteiger charge is 2.33. The summed E-state index contributed by atoms with van der Waals surface area (Å²) in [4.78, 5) is 14.2.